The summed E-state index contributed by atoms with van der Waals surface area (Å²) < 4.78 is 10.8. The number of rotatable bonds is 5. The third kappa shape index (κ3) is 4.10. The number of carbonyl (C=O) groups excluding carboxylic acids is 3. The van der Waals surface area contributed by atoms with E-state index >= 15 is 0 Å². The van der Waals surface area contributed by atoms with E-state index < -0.39 is 23.7 Å². The second-order valence-electron chi connectivity index (χ2n) is 7.36. The Balaban J connectivity index is 1.93. The molecule has 1 N–H and O–H groups in total. The van der Waals surface area contributed by atoms with Crippen LogP contribution >= 0.6 is 27.3 Å². The molecule has 2 aromatic carbocycles. The van der Waals surface area contributed by atoms with Gasteiger partial charge in [0.25, 0.3) is 5.78 Å². The molecule has 4 rings (SSSR count). The summed E-state index contributed by atoms with van der Waals surface area (Å²) in [6.45, 7) is 1.62. The lowest BCUT2D eigenvalue weighted by Crippen LogP contribution is -2.29. The van der Waals surface area contributed by atoms with Crippen molar-refractivity contribution in [2.75, 3.05) is 19.1 Å². The molecule has 0 radical (unpaired) electrons. The molecule has 0 saturated carbocycles. The van der Waals surface area contributed by atoms with E-state index in [-0.39, 0.29) is 21.3 Å². The lowest BCUT2D eigenvalue weighted by molar-refractivity contribution is -0.132. The highest BCUT2D eigenvalue weighted by molar-refractivity contribution is 9.10. The van der Waals surface area contributed by atoms with Crippen molar-refractivity contribution >= 4 is 55.8 Å². The summed E-state index contributed by atoms with van der Waals surface area (Å²) >= 11 is 4.33. The van der Waals surface area contributed by atoms with Crippen molar-refractivity contribution in [1.29, 1.82) is 0 Å². The molecule has 174 valence electrons. The number of methoxy groups -OCH3 is 2. The smallest absolute Gasteiger partial charge is 0.350 e. The molecule has 1 atom stereocenters. The zero-order chi connectivity index (χ0) is 24.6. The van der Waals surface area contributed by atoms with Crippen LogP contribution in [-0.2, 0) is 14.3 Å². The van der Waals surface area contributed by atoms with Gasteiger partial charge in [-0.15, -0.1) is 0 Å². The van der Waals surface area contributed by atoms with Crippen LogP contribution in [0.4, 0.5) is 5.13 Å². The lowest BCUT2D eigenvalue weighted by atomic mass is 9.95. The van der Waals surface area contributed by atoms with Gasteiger partial charge in [0.2, 0.25) is 0 Å². The van der Waals surface area contributed by atoms with Gasteiger partial charge in [-0.25, -0.2) is 9.78 Å². The molecule has 1 aliphatic rings. The van der Waals surface area contributed by atoms with Gasteiger partial charge in [0, 0.05) is 10.0 Å². The molecule has 1 amide bonds. The van der Waals surface area contributed by atoms with Crippen molar-refractivity contribution in [3.8, 4) is 5.75 Å². The molecule has 10 heteroatoms. The number of aryl methyl sites for hydroxylation is 1. The SMILES string of the molecule is COC(=O)c1sc(N2C(=O)C(=O)C(=C(O)c3cccc(OC)c3)C2c2ccc(Br)cc2)nc1C. The molecule has 1 aliphatic heterocycles. The molecule has 1 saturated heterocycles. The predicted molar refractivity (Wildman–Crippen MR) is 130 cm³/mol. The van der Waals surface area contributed by atoms with E-state index in [0.29, 0.717) is 22.6 Å². The molecule has 0 spiro atoms. The Hall–Kier alpha value is -3.50. The van der Waals surface area contributed by atoms with Gasteiger partial charge in [-0.2, -0.15) is 0 Å². The monoisotopic (exact) mass is 542 g/mol. The lowest BCUT2D eigenvalue weighted by Gasteiger charge is -2.23. The standard InChI is InChI=1S/C24H19BrN2O6S/c1-12-21(23(31)33-3)34-24(26-12)27-18(13-7-9-15(25)10-8-13)17(20(29)22(27)30)19(28)14-5-4-6-16(11-14)32-2/h4-11,18,28H,1-3H3. The minimum absolute atomic E-state index is 0.0898. The molecular weight excluding hydrogens is 524 g/mol. The summed E-state index contributed by atoms with van der Waals surface area (Å²) in [4.78, 5) is 44.4. The number of nitrogens with zero attached hydrogens (tertiary/aromatic N) is 2. The first-order valence-electron chi connectivity index (χ1n) is 10.0. The Morgan fingerprint density at radius 3 is 2.50 bits per heavy atom. The molecular formula is C24H19BrN2O6S. The number of aliphatic hydroxyl groups excluding tert-OH is 1. The fourth-order valence-electron chi connectivity index (χ4n) is 3.68. The number of Topliss-reactive ketones (excluding diaryl/α,β-unsaturated/α-hetero) is 1. The molecule has 1 unspecified atom stereocenters. The predicted octanol–water partition coefficient (Wildman–Crippen LogP) is 4.64. The van der Waals surface area contributed by atoms with Crippen molar-refractivity contribution in [3.63, 3.8) is 0 Å². The molecule has 8 nitrogen and oxygen atoms in total. The number of aromatic nitrogens is 1. The largest absolute Gasteiger partial charge is 0.507 e. The zero-order valence-corrected chi connectivity index (χ0v) is 20.8. The number of hydrogen-bond acceptors (Lipinski definition) is 8. The molecule has 1 fully saturated rings. The van der Waals surface area contributed by atoms with Gasteiger partial charge in [0.1, 0.15) is 16.4 Å². The van der Waals surface area contributed by atoms with E-state index in [1.54, 1.807) is 55.5 Å². The fourth-order valence-corrected chi connectivity index (χ4v) is 4.96. The van der Waals surface area contributed by atoms with Gasteiger partial charge in [0.05, 0.1) is 31.5 Å². The zero-order valence-electron chi connectivity index (χ0n) is 18.4. The summed E-state index contributed by atoms with van der Waals surface area (Å²) in [6, 6.07) is 12.6. The summed E-state index contributed by atoms with van der Waals surface area (Å²) in [7, 11) is 2.74. The van der Waals surface area contributed by atoms with Gasteiger partial charge in [-0.05, 0) is 36.8 Å². The number of amides is 1. The highest BCUT2D eigenvalue weighted by Crippen LogP contribution is 2.44. The fraction of sp³-hybridized carbons (Fsp3) is 0.167. The Bertz CT molecular complexity index is 1330. The number of esters is 1. The maximum atomic E-state index is 13.2. The highest BCUT2D eigenvalue weighted by atomic mass is 79.9. The topological polar surface area (TPSA) is 106 Å². The van der Waals surface area contributed by atoms with Crippen LogP contribution in [0.25, 0.3) is 5.76 Å². The normalized spacial score (nSPS) is 17.2. The van der Waals surface area contributed by atoms with Crippen molar-refractivity contribution in [2.24, 2.45) is 0 Å². The summed E-state index contributed by atoms with van der Waals surface area (Å²) in [6.07, 6.45) is 0. The van der Waals surface area contributed by atoms with Crippen LogP contribution in [0, 0.1) is 6.92 Å². The number of benzene rings is 2. The van der Waals surface area contributed by atoms with Crippen LogP contribution < -0.4 is 9.64 Å². The molecule has 34 heavy (non-hydrogen) atoms. The molecule has 0 bridgehead atoms. The van der Waals surface area contributed by atoms with Gasteiger partial charge >= 0.3 is 11.9 Å². The van der Waals surface area contributed by atoms with E-state index in [1.165, 1.54) is 19.1 Å². The second kappa shape index (κ2) is 9.40. The molecule has 2 heterocycles. The van der Waals surface area contributed by atoms with Gasteiger partial charge < -0.3 is 14.6 Å². The Morgan fingerprint density at radius 2 is 1.85 bits per heavy atom. The van der Waals surface area contributed by atoms with Crippen molar-refractivity contribution in [1.82, 2.24) is 4.98 Å². The van der Waals surface area contributed by atoms with E-state index in [1.807, 2.05) is 0 Å². The van der Waals surface area contributed by atoms with E-state index in [4.69, 9.17) is 9.47 Å². The van der Waals surface area contributed by atoms with E-state index in [0.717, 1.165) is 15.8 Å². The van der Waals surface area contributed by atoms with Crippen LogP contribution in [-0.4, -0.2) is 42.0 Å². The second-order valence-corrected chi connectivity index (χ2v) is 9.25. The number of halogens is 1. The first-order chi connectivity index (χ1) is 16.3. The summed E-state index contributed by atoms with van der Waals surface area (Å²) in [5.41, 5.74) is 1.19. The average Bonchev–Trinajstić information content (AvgIpc) is 3.35. The number of carbonyl (C=O) groups is 3. The molecule has 0 aliphatic carbocycles. The number of hydrogen-bond donors (Lipinski definition) is 1. The maximum absolute atomic E-state index is 13.2. The van der Waals surface area contributed by atoms with Crippen LogP contribution in [0.15, 0.2) is 58.6 Å². The van der Waals surface area contributed by atoms with E-state index in [9.17, 15) is 19.5 Å². The highest BCUT2D eigenvalue weighted by Gasteiger charge is 2.48. The number of anilines is 1. The number of thiazole rings is 1. The Morgan fingerprint density at radius 1 is 1.15 bits per heavy atom. The van der Waals surface area contributed by atoms with E-state index in [2.05, 4.69) is 20.9 Å². The summed E-state index contributed by atoms with van der Waals surface area (Å²) in [5, 5.41) is 11.3. The average molecular weight is 543 g/mol. The Labute approximate surface area is 207 Å². The number of ether oxygens (including phenoxy) is 2. The third-order valence-electron chi connectivity index (χ3n) is 5.34. The third-order valence-corrected chi connectivity index (χ3v) is 7.00. The van der Waals surface area contributed by atoms with Crippen LogP contribution in [0.1, 0.15) is 32.5 Å². The number of aliphatic hydroxyl groups is 1. The van der Waals surface area contributed by atoms with Crippen molar-refractivity contribution < 1.29 is 29.0 Å². The minimum atomic E-state index is -0.963. The van der Waals surface area contributed by atoms with Crippen LogP contribution in [0.2, 0.25) is 0 Å². The molecule has 1 aromatic heterocycles. The Kier molecular flexibility index (Phi) is 6.54. The quantitative estimate of drug-likeness (QED) is 0.216. The van der Waals surface area contributed by atoms with Crippen molar-refractivity contribution in [2.45, 2.75) is 13.0 Å². The first kappa shape index (κ1) is 23.7. The van der Waals surface area contributed by atoms with Gasteiger partial charge in [0.15, 0.2) is 5.13 Å². The molecule has 3 aromatic rings. The van der Waals surface area contributed by atoms with Gasteiger partial charge in [-0.1, -0.05) is 51.5 Å². The van der Waals surface area contributed by atoms with Gasteiger partial charge in [-0.3, -0.25) is 14.5 Å². The van der Waals surface area contributed by atoms with Crippen LogP contribution in [0.3, 0.4) is 0 Å². The first-order valence-corrected chi connectivity index (χ1v) is 11.6. The summed E-state index contributed by atoms with van der Waals surface area (Å²) in [5.74, 6) is -2.16. The van der Waals surface area contributed by atoms with Crippen molar-refractivity contribution in [3.05, 3.63) is 80.3 Å². The number of ketones is 1. The maximum Gasteiger partial charge on any atom is 0.350 e. The minimum Gasteiger partial charge on any atom is -0.507 e. The van der Waals surface area contributed by atoms with Crippen LogP contribution in [0.5, 0.6) is 5.75 Å².